The third kappa shape index (κ3) is 5.91. The minimum Gasteiger partial charge on any atom is -0.459 e. The first-order chi connectivity index (χ1) is 15.4. The fraction of sp³-hybridized carbons (Fsp3) is 0.625. The molecule has 0 radical (unpaired) electrons. The average Bonchev–Trinajstić information content (AvgIpc) is 3.18. The van der Waals surface area contributed by atoms with Crippen molar-refractivity contribution < 1.29 is 24.2 Å². The van der Waals surface area contributed by atoms with Gasteiger partial charge in [-0.1, -0.05) is 17.3 Å². The van der Waals surface area contributed by atoms with Crippen molar-refractivity contribution >= 4 is 23.0 Å². The molecule has 2 saturated heterocycles. The molecule has 4 atom stereocenters. The molecule has 0 aromatic carbocycles. The number of allylic oxidation sites excluding steroid dienone is 1. The summed E-state index contributed by atoms with van der Waals surface area (Å²) in [6.45, 7) is 1.95. The maximum Gasteiger partial charge on any atom is 0.330 e. The zero-order valence-corrected chi connectivity index (χ0v) is 19.4. The number of nitrogens with one attached hydrogen (secondary N) is 1. The van der Waals surface area contributed by atoms with Crippen LogP contribution in [0.2, 0.25) is 0 Å². The zero-order valence-electron chi connectivity index (χ0n) is 18.5. The number of carbonyl (C=O) groups excluding carboxylic acids is 2. The van der Waals surface area contributed by atoms with Crippen molar-refractivity contribution in [3.63, 3.8) is 0 Å². The summed E-state index contributed by atoms with van der Waals surface area (Å²) in [6.07, 6.45) is 11.8. The van der Waals surface area contributed by atoms with Crippen LogP contribution in [0.4, 0.5) is 4.79 Å². The monoisotopic (exact) mass is 460 g/mol. The van der Waals surface area contributed by atoms with Gasteiger partial charge in [0.15, 0.2) is 5.79 Å². The minimum atomic E-state index is -1.54. The Kier molecular flexibility index (Phi) is 7.53. The molecule has 8 heteroatoms. The molecule has 0 spiro atoms. The molecule has 0 aliphatic carbocycles. The van der Waals surface area contributed by atoms with Gasteiger partial charge in [-0.2, -0.15) is 0 Å². The van der Waals surface area contributed by atoms with Gasteiger partial charge in [-0.05, 0) is 69.1 Å². The van der Waals surface area contributed by atoms with E-state index in [1.54, 1.807) is 6.08 Å². The van der Waals surface area contributed by atoms with Crippen LogP contribution in [0.5, 0.6) is 0 Å². The lowest BCUT2D eigenvalue weighted by atomic mass is 9.90. The molecule has 1 amide bonds. The van der Waals surface area contributed by atoms with E-state index < -0.39 is 17.9 Å². The maximum atomic E-state index is 12.5. The lowest BCUT2D eigenvalue weighted by Crippen LogP contribution is -2.58. The van der Waals surface area contributed by atoms with E-state index >= 15 is 0 Å². The first-order valence-electron chi connectivity index (χ1n) is 11.5. The number of nitrogens with zero attached hydrogens (tertiary/aromatic N) is 1. The van der Waals surface area contributed by atoms with Crippen LogP contribution in [0.25, 0.3) is 0 Å². The average molecular weight is 461 g/mol. The van der Waals surface area contributed by atoms with Crippen LogP contribution in [-0.4, -0.2) is 51.1 Å². The van der Waals surface area contributed by atoms with Crippen molar-refractivity contribution in [3.8, 4) is 0 Å². The molecule has 2 fully saturated rings. The molecule has 32 heavy (non-hydrogen) atoms. The Bertz CT molecular complexity index is 876. The van der Waals surface area contributed by atoms with Gasteiger partial charge in [0.05, 0.1) is 12.1 Å². The first-order valence-corrected chi connectivity index (χ1v) is 12.5. The highest BCUT2D eigenvalue weighted by Gasteiger charge is 2.49. The molecule has 0 unspecified atom stereocenters. The van der Waals surface area contributed by atoms with Crippen molar-refractivity contribution in [2.24, 2.45) is 0 Å². The summed E-state index contributed by atoms with van der Waals surface area (Å²) in [7, 11) is 0. The van der Waals surface area contributed by atoms with Crippen LogP contribution in [0.15, 0.2) is 30.1 Å². The number of pyridine rings is 1. The van der Waals surface area contributed by atoms with Crippen LogP contribution in [0, 0.1) is 0 Å². The fourth-order valence-electron chi connectivity index (χ4n) is 4.84. The number of ether oxygens (including phenoxy) is 2. The van der Waals surface area contributed by atoms with Gasteiger partial charge in [-0.25, -0.2) is 4.79 Å². The number of rotatable bonds is 1. The summed E-state index contributed by atoms with van der Waals surface area (Å²) in [5.74, 6) is -1.48. The van der Waals surface area contributed by atoms with E-state index in [4.69, 9.17) is 9.47 Å². The van der Waals surface area contributed by atoms with Crippen LogP contribution in [-0.2, 0) is 27.1 Å². The van der Waals surface area contributed by atoms with Gasteiger partial charge in [0.2, 0.25) is 0 Å². The van der Waals surface area contributed by atoms with Crippen LogP contribution >= 0.6 is 11.8 Å². The van der Waals surface area contributed by atoms with Crippen molar-refractivity contribution in [1.29, 1.82) is 0 Å². The van der Waals surface area contributed by atoms with E-state index in [1.807, 2.05) is 19.3 Å². The molecule has 174 valence electrons. The van der Waals surface area contributed by atoms with Crippen LogP contribution in [0.3, 0.4) is 0 Å². The van der Waals surface area contributed by atoms with Gasteiger partial charge < -0.3 is 19.9 Å². The van der Waals surface area contributed by atoms with Crippen molar-refractivity contribution in [3.05, 3.63) is 41.2 Å². The molecule has 2 bridgehead atoms. The van der Waals surface area contributed by atoms with Crippen molar-refractivity contribution in [2.45, 2.75) is 88.7 Å². The molecule has 3 aliphatic heterocycles. The smallest absolute Gasteiger partial charge is 0.330 e. The molecule has 3 aliphatic rings. The largest absolute Gasteiger partial charge is 0.459 e. The predicted molar refractivity (Wildman–Crippen MR) is 122 cm³/mol. The number of hydrogen-bond donors (Lipinski definition) is 2. The Labute approximate surface area is 193 Å². The number of aryl methyl sites for hydroxylation is 2. The number of aliphatic hydroxyl groups is 1. The molecular weight excluding hydrogens is 428 g/mol. The highest BCUT2D eigenvalue weighted by Crippen LogP contribution is 2.36. The van der Waals surface area contributed by atoms with Gasteiger partial charge in [0.25, 0.3) is 5.24 Å². The Morgan fingerprint density at radius 1 is 1.16 bits per heavy atom. The van der Waals surface area contributed by atoms with E-state index in [-0.39, 0.29) is 23.7 Å². The van der Waals surface area contributed by atoms with Gasteiger partial charge in [0, 0.05) is 37.1 Å². The van der Waals surface area contributed by atoms with Crippen molar-refractivity contribution in [1.82, 2.24) is 10.3 Å². The van der Waals surface area contributed by atoms with Crippen LogP contribution < -0.4 is 5.32 Å². The van der Waals surface area contributed by atoms with E-state index in [0.717, 1.165) is 62.3 Å². The number of hydrogen-bond acceptors (Lipinski definition) is 7. The summed E-state index contributed by atoms with van der Waals surface area (Å²) in [5.41, 5.74) is 3.59. The van der Waals surface area contributed by atoms with Gasteiger partial charge >= 0.3 is 5.97 Å². The molecule has 7 nitrogen and oxygen atoms in total. The van der Waals surface area contributed by atoms with Gasteiger partial charge in [-0.3, -0.25) is 9.78 Å². The van der Waals surface area contributed by atoms with Gasteiger partial charge in [-0.15, -0.1) is 0 Å². The SMILES string of the molecule is CC1=CC(=O)O[C@@H]2C[C@@H](CCCc3ccncc3CCCC1)O[C@@](O)([C@@H]1CSC(=O)N1)C2. The summed E-state index contributed by atoms with van der Waals surface area (Å²) < 4.78 is 11.9. The quantitative estimate of drug-likeness (QED) is 0.617. The third-order valence-electron chi connectivity index (χ3n) is 6.53. The second-order valence-electron chi connectivity index (χ2n) is 9.11. The molecule has 2 N–H and O–H groups in total. The minimum absolute atomic E-state index is 0.155. The van der Waals surface area contributed by atoms with E-state index in [1.165, 1.54) is 11.1 Å². The Morgan fingerprint density at radius 2 is 1.97 bits per heavy atom. The Morgan fingerprint density at radius 3 is 2.78 bits per heavy atom. The lowest BCUT2D eigenvalue weighted by molar-refractivity contribution is -0.283. The molecular formula is C24H32N2O5S. The first kappa shape index (κ1) is 23.3. The zero-order chi connectivity index (χ0) is 22.6. The summed E-state index contributed by atoms with van der Waals surface area (Å²) in [4.78, 5) is 28.6. The van der Waals surface area contributed by atoms with Crippen LogP contribution in [0.1, 0.15) is 63.0 Å². The Hall–Kier alpha value is -1.90. The number of fused-ring (bicyclic) bond motifs is 3. The molecule has 0 saturated carbocycles. The highest BCUT2D eigenvalue weighted by molar-refractivity contribution is 8.14. The second kappa shape index (κ2) is 10.4. The number of thioether (sulfide) groups is 1. The van der Waals surface area contributed by atoms with Crippen molar-refractivity contribution in [2.75, 3.05) is 5.75 Å². The lowest BCUT2D eigenvalue weighted by Gasteiger charge is -2.43. The summed E-state index contributed by atoms with van der Waals surface area (Å²) >= 11 is 1.14. The molecule has 4 rings (SSSR count). The number of amides is 1. The topological polar surface area (TPSA) is 97.8 Å². The molecule has 1 aromatic heterocycles. The summed E-state index contributed by atoms with van der Waals surface area (Å²) in [6, 6.07) is 1.58. The predicted octanol–water partition coefficient (Wildman–Crippen LogP) is 3.68. The summed E-state index contributed by atoms with van der Waals surface area (Å²) in [5, 5.41) is 13.9. The number of esters is 1. The third-order valence-corrected chi connectivity index (χ3v) is 7.41. The standard InChI is InChI=1S/C24H32N2O5S/c1-16-5-2-3-6-18-14-25-10-9-17(18)7-4-8-19-12-20(30-22(27)11-16)13-24(29,31-19)21-15-32-23(28)26-21/h9-11,14,19-21,29H,2-8,12-13,15H2,1H3,(H,26,28)/t19-,20-,21+,24-/m1/s1. The maximum absolute atomic E-state index is 12.5. The number of carbonyl (C=O) groups is 2. The normalized spacial score (nSPS) is 32.4. The highest BCUT2D eigenvalue weighted by atomic mass is 32.2. The van der Waals surface area contributed by atoms with Gasteiger partial charge in [0.1, 0.15) is 6.10 Å². The fourth-order valence-corrected chi connectivity index (χ4v) is 5.73. The Balaban J connectivity index is 1.54. The van der Waals surface area contributed by atoms with E-state index in [2.05, 4.69) is 16.4 Å². The molecule has 1 aromatic rings. The second-order valence-corrected chi connectivity index (χ2v) is 10.1. The number of aromatic nitrogens is 1. The van der Waals surface area contributed by atoms with E-state index in [0.29, 0.717) is 12.2 Å². The molecule has 4 heterocycles. The van der Waals surface area contributed by atoms with E-state index in [9.17, 15) is 14.7 Å².